The molecule has 0 aromatic heterocycles. The number of hydrogen-bond acceptors (Lipinski definition) is 2. The molecule has 0 aliphatic heterocycles. The van der Waals surface area contributed by atoms with Gasteiger partial charge >= 0.3 is 0 Å². The van der Waals surface area contributed by atoms with Crippen LogP contribution in [0.5, 0.6) is 0 Å². The molecule has 2 aromatic carbocycles. The third kappa shape index (κ3) is 2.35. The maximum Gasteiger partial charge on any atom is 0.196 e. The largest absolute Gasteiger partial charge is 0.398 e. The van der Waals surface area contributed by atoms with Gasteiger partial charge in [0.05, 0.1) is 5.02 Å². The first-order chi connectivity index (χ1) is 8.50. The maximum absolute atomic E-state index is 12.4. The van der Waals surface area contributed by atoms with Gasteiger partial charge in [-0.25, -0.2) is 0 Å². The zero-order valence-corrected chi connectivity index (χ0v) is 11.2. The molecule has 0 aliphatic carbocycles. The minimum absolute atomic E-state index is 0.219. The molecule has 0 spiro atoms. The van der Waals surface area contributed by atoms with Crippen LogP contribution in [0.25, 0.3) is 0 Å². The van der Waals surface area contributed by atoms with Crippen LogP contribution in [-0.4, -0.2) is 5.78 Å². The van der Waals surface area contributed by atoms with E-state index in [0.717, 1.165) is 5.56 Å². The topological polar surface area (TPSA) is 43.1 Å². The molecule has 0 fully saturated rings. The summed E-state index contributed by atoms with van der Waals surface area (Å²) in [5.74, 6) is -0.219. The second-order valence-electron chi connectivity index (χ2n) is 3.99. The highest BCUT2D eigenvalue weighted by atomic mass is 35.5. The molecule has 0 saturated carbocycles. The van der Waals surface area contributed by atoms with E-state index < -0.39 is 0 Å². The summed E-state index contributed by atoms with van der Waals surface area (Å²) in [6.45, 7) is 1.81. The summed E-state index contributed by atoms with van der Waals surface area (Å²) in [5, 5.41) is 0.886. The fourth-order valence-electron chi connectivity index (χ4n) is 1.73. The number of carbonyl (C=O) groups is 1. The van der Waals surface area contributed by atoms with Gasteiger partial charge in [0.15, 0.2) is 5.78 Å². The predicted octanol–water partition coefficient (Wildman–Crippen LogP) is 4.12. The lowest BCUT2D eigenvalue weighted by Gasteiger charge is -2.09. The molecule has 92 valence electrons. The average Bonchev–Trinajstić information content (AvgIpc) is 2.33. The molecule has 0 radical (unpaired) electrons. The quantitative estimate of drug-likeness (QED) is 0.664. The second kappa shape index (κ2) is 5.01. The van der Waals surface area contributed by atoms with E-state index >= 15 is 0 Å². The van der Waals surface area contributed by atoms with Gasteiger partial charge in [-0.2, -0.15) is 0 Å². The van der Waals surface area contributed by atoms with Crippen molar-refractivity contribution in [2.45, 2.75) is 6.92 Å². The Balaban J connectivity index is 2.57. The standard InChI is InChI=1S/C14H11Cl2NO/c1-8-6-9(15)7-11(13(8)17)14(18)10-4-2-3-5-12(10)16/h2-7H,17H2,1H3. The van der Waals surface area contributed by atoms with E-state index in [1.54, 1.807) is 36.4 Å². The molecular formula is C14H11Cl2NO. The zero-order chi connectivity index (χ0) is 13.3. The van der Waals surface area contributed by atoms with Gasteiger partial charge in [-0.1, -0.05) is 35.3 Å². The Morgan fingerprint density at radius 2 is 1.78 bits per heavy atom. The number of nitrogen functional groups attached to an aromatic ring is 1. The highest BCUT2D eigenvalue weighted by Crippen LogP contribution is 2.27. The summed E-state index contributed by atoms with van der Waals surface area (Å²) in [6, 6.07) is 10.1. The van der Waals surface area contributed by atoms with E-state index in [9.17, 15) is 4.79 Å². The Labute approximate surface area is 115 Å². The number of anilines is 1. The lowest BCUT2D eigenvalue weighted by atomic mass is 9.99. The van der Waals surface area contributed by atoms with Crippen molar-refractivity contribution >= 4 is 34.7 Å². The smallest absolute Gasteiger partial charge is 0.196 e. The molecule has 0 unspecified atom stereocenters. The molecule has 0 heterocycles. The van der Waals surface area contributed by atoms with E-state index in [-0.39, 0.29) is 5.78 Å². The van der Waals surface area contributed by atoms with Gasteiger partial charge in [0.2, 0.25) is 0 Å². The summed E-state index contributed by atoms with van der Waals surface area (Å²) in [7, 11) is 0. The number of rotatable bonds is 2. The fraction of sp³-hybridized carbons (Fsp3) is 0.0714. The lowest BCUT2D eigenvalue weighted by molar-refractivity contribution is 0.103. The van der Waals surface area contributed by atoms with Crippen LogP contribution in [0.15, 0.2) is 36.4 Å². The van der Waals surface area contributed by atoms with Gasteiger partial charge in [0.1, 0.15) is 0 Å². The highest BCUT2D eigenvalue weighted by Gasteiger charge is 2.16. The van der Waals surface area contributed by atoms with Crippen molar-refractivity contribution in [1.29, 1.82) is 0 Å². The second-order valence-corrected chi connectivity index (χ2v) is 4.84. The van der Waals surface area contributed by atoms with Gasteiger partial charge in [0, 0.05) is 21.8 Å². The minimum atomic E-state index is -0.219. The normalized spacial score (nSPS) is 10.4. The minimum Gasteiger partial charge on any atom is -0.398 e. The monoisotopic (exact) mass is 279 g/mol. The Kier molecular flexibility index (Phi) is 3.60. The van der Waals surface area contributed by atoms with E-state index in [1.807, 2.05) is 6.92 Å². The molecule has 2 rings (SSSR count). The van der Waals surface area contributed by atoms with Crippen LogP contribution in [-0.2, 0) is 0 Å². The highest BCUT2D eigenvalue weighted by molar-refractivity contribution is 6.35. The Morgan fingerprint density at radius 3 is 2.44 bits per heavy atom. The summed E-state index contributed by atoms with van der Waals surface area (Å²) in [6.07, 6.45) is 0. The van der Waals surface area contributed by atoms with E-state index in [2.05, 4.69) is 0 Å². The molecule has 0 bridgehead atoms. The third-order valence-corrected chi connectivity index (χ3v) is 3.26. The third-order valence-electron chi connectivity index (χ3n) is 2.71. The first-order valence-corrected chi connectivity index (χ1v) is 6.11. The number of nitrogens with two attached hydrogens (primary N) is 1. The SMILES string of the molecule is Cc1cc(Cl)cc(C(=O)c2ccccc2Cl)c1N. The van der Waals surface area contributed by atoms with Crippen LogP contribution in [0.4, 0.5) is 5.69 Å². The van der Waals surface area contributed by atoms with E-state index in [0.29, 0.717) is 26.9 Å². The molecule has 2 N–H and O–H groups in total. The van der Waals surface area contributed by atoms with E-state index in [1.165, 1.54) is 0 Å². The molecule has 0 saturated heterocycles. The molecule has 0 atom stereocenters. The molecule has 0 aliphatic rings. The number of ketones is 1. The summed E-state index contributed by atoms with van der Waals surface area (Å²) in [5.41, 5.74) is 7.93. The molecule has 4 heteroatoms. The van der Waals surface area contributed by atoms with Gasteiger partial charge in [-0.15, -0.1) is 0 Å². The van der Waals surface area contributed by atoms with E-state index in [4.69, 9.17) is 28.9 Å². The number of halogens is 2. The molecule has 2 nitrogen and oxygen atoms in total. The number of aryl methyl sites for hydroxylation is 1. The fourth-order valence-corrected chi connectivity index (χ4v) is 2.23. The zero-order valence-electron chi connectivity index (χ0n) is 9.71. The first-order valence-electron chi connectivity index (χ1n) is 5.35. The van der Waals surface area contributed by atoms with Crippen molar-refractivity contribution in [1.82, 2.24) is 0 Å². The lowest BCUT2D eigenvalue weighted by Crippen LogP contribution is -2.07. The summed E-state index contributed by atoms with van der Waals surface area (Å²) < 4.78 is 0. The van der Waals surface area contributed by atoms with Crippen LogP contribution < -0.4 is 5.73 Å². The van der Waals surface area contributed by atoms with Crippen molar-refractivity contribution in [2.75, 3.05) is 5.73 Å². The molecule has 0 amide bonds. The van der Waals surface area contributed by atoms with Crippen molar-refractivity contribution in [3.05, 3.63) is 63.1 Å². The van der Waals surface area contributed by atoms with Gasteiger partial charge in [-0.05, 0) is 36.8 Å². The van der Waals surface area contributed by atoms with Crippen LogP contribution in [0, 0.1) is 6.92 Å². The maximum atomic E-state index is 12.4. The van der Waals surface area contributed by atoms with Gasteiger partial charge in [-0.3, -0.25) is 4.79 Å². The first kappa shape index (κ1) is 12.9. The Hall–Kier alpha value is -1.51. The average molecular weight is 280 g/mol. The van der Waals surface area contributed by atoms with Crippen molar-refractivity contribution in [3.63, 3.8) is 0 Å². The van der Waals surface area contributed by atoms with Crippen LogP contribution >= 0.6 is 23.2 Å². The summed E-state index contributed by atoms with van der Waals surface area (Å²) >= 11 is 12.0. The van der Waals surface area contributed by atoms with Crippen LogP contribution in [0.1, 0.15) is 21.5 Å². The Bertz CT molecular complexity index is 623. The van der Waals surface area contributed by atoms with Crippen LogP contribution in [0.3, 0.4) is 0 Å². The summed E-state index contributed by atoms with van der Waals surface area (Å²) in [4.78, 5) is 12.4. The van der Waals surface area contributed by atoms with Crippen molar-refractivity contribution in [3.8, 4) is 0 Å². The number of carbonyl (C=O) groups excluding carboxylic acids is 1. The molecule has 18 heavy (non-hydrogen) atoms. The predicted molar refractivity (Wildman–Crippen MR) is 75.5 cm³/mol. The Morgan fingerprint density at radius 1 is 1.11 bits per heavy atom. The van der Waals surface area contributed by atoms with Crippen molar-refractivity contribution in [2.24, 2.45) is 0 Å². The van der Waals surface area contributed by atoms with Crippen LogP contribution in [0.2, 0.25) is 10.0 Å². The van der Waals surface area contributed by atoms with Gasteiger partial charge < -0.3 is 5.73 Å². The molecular weight excluding hydrogens is 269 g/mol. The van der Waals surface area contributed by atoms with Gasteiger partial charge in [0.25, 0.3) is 0 Å². The number of benzene rings is 2. The van der Waals surface area contributed by atoms with Crippen molar-refractivity contribution < 1.29 is 4.79 Å². The number of hydrogen-bond donors (Lipinski definition) is 1. The molecule has 2 aromatic rings.